The molecule has 2 heterocycles. The first-order valence-electron chi connectivity index (χ1n) is 9.74. The Balaban J connectivity index is 2.18. The normalized spacial score (nSPS) is 12.2. The van der Waals surface area contributed by atoms with Crippen LogP contribution < -0.4 is 5.43 Å². The molecule has 0 aliphatic rings. The molecule has 0 aliphatic carbocycles. The summed E-state index contributed by atoms with van der Waals surface area (Å²) >= 11 is 3.45. The topological polar surface area (TPSA) is 47.2 Å². The third kappa shape index (κ3) is 4.57. The van der Waals surface area contributed by atoms with Gasteiger partial charge >= 0.3 is 0 Å². The summed E-state index contributed by atoms with van der Waals surface area (Å²) in [6, 6.07) is 11.5. The first kappa shape index (κ1) is 21.7. The van der Waals surface area contributed by atoms with Gasteiger partial charge in [0.15, 0.2) is 5.43 Å². The van der Waals surface area contributed by atoms with E-state index in [0.29, 0.717) is 27.7 Å². The van der Waals surface area contributed by atoms with Gasteiger partial charge < -0.3 is 4.57 Å². The first-order valence-corrected chi connectivity index (χ1v) is 10.5. The summed E-state index contributed by atoms with van der Waals surface area (Å²) < 4.78 is 2.78. The highest BCUT2D eigenvalue weighted by atomic mass is 79.9. The van der Waals surface area contributed by atoms with Gasteiger partial charge in [-0.15, -0.1) is 0 Å². The van der Waals surface area contributed by atoms with Crippen LogP contribution in [0.2, 0.25) is 0 Å². The van der Waals surface area contributed by atoms with E-state index in [1.54, 1.807) is 18.3 Å². The minimum absolute atomic E-state index is 0.0420. The van der Waals surface area contributed by atoms with Crippen LogP contribution in [0.5, 0.6) is 0 Å². The number of hydrogen-bond donors (Lipinski definition) is 0. The van der Waals surface area contributed by atoms with E-state index >= 15 is 0 Å². The lowest BCUT2D eigenvalue weighted by Gasteiger charge is -2.16. The Hall–Kier alpha value is -3.05. The van der Waals surface area contributed by atoms with E-state index in [9.17, 15) is 4.79 Å². The molecule has 0 fully saturated rings. The summed E-state index contributed by atoms with van der Waals surface area (Å²) in [5.41, 5.74) is 4.68. The van der Waals surface area contributed by atoms with Gasteiger partial charge in [-0.05, 0) is 59.1 Å². The molecule has 2 aromatic heterocycles. The van der Waals surface area contributed by atoms with Crippen molar-refractivity contribution >= 4 is 38.1 Å². The molecule has 0 N–H and O–H groups in total. The fourth-order valence-corrected chi connectivity index (χ4v) is 3.77. The number of halogens is 1. The number of hydrogen-bond acceptors (Lipinski definition) is 3. The molecule has 5 heteroatoms. The van der Waals surface area contributed by atoms with Gasteiger partial charge in [-0.1, -0.05) is 44.4 Å². The van der Waals surface area contributed by atoms with Crippen LogP contribution in [0.4, 0.5) is 0 Å². The van der Waals surface area contributed by atoms with Crippen molar-refractivity contribution in [3.8, 4) is 0 Å². The Morgan fingerprint density at radius 3 is 2.73 bits per heavy atom. The van der Waals surface area contributed by atoms with Crippen LogP contribution in [0.25, 0.3) is 16.5 Å². The summed E-state index contributed by atoms with van der Waals surface area (Å²) in [5, 5.41) is 0.654. The molecule has 152 valence electrons. The zero-order valence-corrected chi connectivity index (χ0v) is 18.8. The van der Waals surface area contributed by atoms with Gasteiger partial charge in [-0.2, -0.15) is 0 Å². The number of fused-ring (bicyclic) bond motifs is 1. The minimum Gasteiger partial charge on any atom is -0.341 e. The molecule has 0 spiro atoms. The molecular formula is C25H24BrN3O. The van der Waals surface area contributed by atoms with Crippen LogP contribution in [-0.4, -0.2) is 15.3 Å². The van der Waals surface area contributed by atoms with Crippen molar-refractivity contribution in [3.05, 3.63) is 106 Å². The zero-order chi connectivity index (χ0) is 21.7. The number of aryl methyl sites for hydroxylation is 1. The second kappa shape index (κ2) is 9.63. The second-order valence-corrected chi connectivity index (χ2v) is 7.73. The number of rotatable bonds is 7. The van der Waals surface area contributed by atoms with Gasteiger partial charge in [0.05, 0.1) is 17.8 Å². The summed E-state index contributed by atoms with van der Waals surface area (Å²) in [7, 11) is 0. The van der Waals surface area contributed by atoms with Gasteiger partial charge in [0, 0.05) is 34.6 Å². The highest BCUT2D eigenvalue weighted by Gasteiger charge is 2.15. The number of pyridine rings is 2. The number of nitrogens with zero attached hydrogens (tertiary/aromatic N) is 3. The lowest BCUT2D eigenvalue weighted by molar-refractivity contribution is 0.862. The number of aliphatic imine (C=N–C) groups is 1. The summed E-state index contributed by atoms with van der Waals surface area (Å²) in [6.07, 6.45) is 7.86. The van der Waals surface area contributed by atoms with Crippen molar-refractivity contribution in [2.45, 2.75) is 26.8 Å². The minimum atomic E-state index is -0.0420. The maximum Gasteiger partial charge on any atom is 0.197 e. The second-order valence-electron chi connectivity index (χ2n) is 6.92. The lowest BCUT2D eigenvalue weighted by Crippen LogP contribution is -2.18. The third-order valence-corrected chi connectivity index (χ3v) is 5.33. The summed E-state index contributed by atoms with van der Waals surface area (Å²) in [5.74, 6) is 0. The van der Waals surface area contributed by atoms with Gasteiger partial charge in [0.25, 0.3) is 0 Å². The molecule has 0 amide bonds. The van der Waals surface area contributed by atoms with Crippen LogP contribution in [0.1, 0.15) is 30.2 Å². The largest absolute Gasteiger partial charge is 0.341 e. The number of allylic oxidation sites excluding steroid dienone is 2. The SMILES string of the molecule is C=C/C=C(Br)\N=C(/CC)Cn1cc(C(=C)c2ncccc2C)c(=O)c2ccccc21. The maximum absolute atomic E-state index is 13.3. The maximum atomic E-state index is 13.3. The van der Waals surface area contributed by atoms with Gasteiger partial charge in [0.2, 0.25) is 0 Å². The van der Waals surface area contributed by atoms with Crippen molar-refractivity contribution in [2.24, 2.45) is 4.99 Å². The Bertz CT molecular complexity index is 1230. The van der Waals surface area contributed by atoms with E-state index in [0.717, 1.165) is 28.9 Å². The molecule has 30 heavy (non-hydrogen) atoms. The van der Waals surface area contributed by atoms with E-state index in [4.69, 9.17) is 0 Å². The van der Waals surface area contributed by atoms with E-state index in [1.165, 1.54) is 0 Å². The molecule has 0 atom stereocenters. The first-order chi connectivity index (χ1) is 14.5. The van der Waals surface area contributed by atoms with Crippen molar-refractivity contribution in [1.29, 1.82) is 0 Å². The predicted molar refractivity (Wildman–Crippen MR) is 130 cm³/mol. The molecule has 0 saturated carbocycles. The van der Waals surface area contributed by atoms with Crippen molar-refractivity contribution in [1.82, 2.24) is 9.55 Å². The average molecular weight is 462 g/mol. The lowest BCUT2D eigenvalue weighted by atomic mass is 10.00. The fraction of sp³-hybridized carbons (Fsp3) is 0.160. The van der Waals surface area contributed by atoms with E-state index < -0.39 is 0 Å². The van der Waals surface area contributed by atoms with E-state index in [2.05, 4.69) is 50.6 Å². The van der Waals surface area contributed by atoms with Crippen molar-refractivity contribution in [3.63, 3.8) is 0 Å². The Morgan fingerprint density at radius 2 is 2.03 bits per heavy atom. The van der Waals surface area contributed by atoms with Crippen molar-refractivity contribution < 1.29 is 0 Å². The molecular weight excluding hydrogens is 438 g/mol. The van der Waals surface area contributed by atoms with Gasteiger partial charge in [-0.25, -0.2) is 4.99 Å². The van der Waals surface area contributed by atoms with Crippen LogP contribution in [0, 0.1) is 6.92 Å². The smallest absolute Gasteiger partial charge is 0.197 e. The number of para-hydroxylation sites is 1. The molecule has 1 aromatic carbocycles. The molecule has 0 bridgehead atoms. The Kier molecular flexibility index (Phi) is 6.95. The molecule has 3 rings (SSSR count). The molecule has 0 radical (unpaired) electrons. The highest BCUT2D eigenvalue weighted by Crippen LogP contribution is 2.23. The van der Waals surface area contributed by atoms with Crippen LogP contribution in [0.3, 0.4) is 0 Å². The molecule has 4 nitrogen and oxygen atoms in total. The molecule has 0 saturated heterocycles. The van der Waals surface area contributed by atoms with Gasteiger partial charge in [0.1, 0.15) is 4.61 Å². The zero-order valence-electron chi connectivity index (χ0n) is 17.2. The average Bonchev–Trinajstić information content (AvgIpc) is 2.75. The van der Waals surface area contributed by atoms with Crippen molar-refractivity contribution in [2.75, 3.05) is 0 Å². The van der Waals surface area contributed by atoms with E-state index in [1.807, 2.05) is 49.5 Å². The number of aromatic nitrogens is 2. The standard InChI is InChI=1S/C25H24BrN3O/c1-5-10-23(26)28-19(6-2)15-29-16-21(18(4)24-17(3)11-9-14-27-24)25(30)20-12-7-8-13-22(20)29/h5,7-14,16H,1,4,6,15H2,2-3H3/b23-10-,28-19+. The quantitative estimate of drug-likeness (QED) is 0.244. The summed E-state index contributed by atoms with van der Waals surface area (Å²) in [6.45, 7) is 12.5. The van der Waals surface area contributed by atoms with Crippen LogP contribution >= 0.6 is 15.9 Å². The van der Waals surface area contributed by atoms with Crippen LogP contribution in [-0.2, 0) is 6.54 Å². The monoisotopic (exact) mass is 461 g/mol. The highest BCUT2D eigenvalue weighted by molar-refractivity contribution is 9.11. The van der Waals surface area contributed by atoms with Gasteiger partial charge in [-0.3, -0.25) is 9.78 Å². The van der Waals surface area contributed by atoms with E-state index in [-0.39, 0.29) is 5.43 Å². The number of benzene rings is 1. The summed E-state index contributed by atoms with van der Waals surface area (Å²) in [4.78, 5) is 22.4. The Morgan fingerprint density at radius 1 is 1.27 bits per heavy atom. The predicted octanol–water partition coefficient (Wildman–Crippen LogP) is 6.04. The Labute approximate surface area is 185 Å². The molecule has 3 aromatic rings. The fourth-order valence-electron chi connectivity index (χ4n) is 3.33. The molecule has 0 unspecified atom stereocenters. The van der Waals surface area contributed by atoms with Crippen LogP contribution in [0.15, 0.2) is 88.5 Å². The molecule has 0 aliphatic heterocycles. The third-order valence-electron chi connectivity index (χ3n) is 4.89.